The highest BCUT2D eigenvalue weighted by atomic mass is 32.2. The molecule has 0 aliphatic heterocycles. The molecule has 0 amide bonds. The van der Waals surface area contributed by atoms with Crippen molar-refractivity contribution in [3.8, 4) is 0 Å². The fourth-order valence-corrected chi connectivity index (χ4v) is 13.0. The van der Waals surface area contributed by atoms with Gasteiger partial charge in [0.05, 0.1) is 4.90 Å². The molecule has 4 fully saturated rings. The summed E-state index contributed by atoms with van der Waals surface area (Å²) in [6.45, 7) is 19.8. The van der Waals surface area contributed by atoms with E-state index < -0.39 is 10.0 Å². The first-order chi connectivity index (χ1) is 19.1. The predicted molar refractivity (Wildman–Crippen MR) is 167 cm³/mol. The zero-order valence-electron chi connectivity index (χ0n) is 26.3. The van der Waals surface area contributed by atoms with Gasteiger partial charge in [-0.25, -0.2) is 13.6 Å². The summed E-state index contributed by atoms with van der Waals surface area (Å²) in [4.78, 5) is 0.174. The fraction of sp³-hybridized carbons (Fsp3) is 0.722. The van der Waals surface area contributed by atoms with Crippen molar-refractivity contribution < 1.29 is 13.5 Å². The molecule has 41 heavy (non-hydrogen) atoms. The Hall–Kier alpha value is -1.43. The molecular formula is C36H53NO3S. The molecule has 3 N–H and O–H groups in total. The van der Waals surface area contributed by atoms with Crippen LogP contribution in [0.25, 0.3) is 5.57 Å². The molecule has 0 saturated heterocycles. The lowest BCUT2D eigenvalue weighted by Crippen LogP contribution is -2.65. The minimum absolute atomic E-state index is 0.00963. The van der Waals surface area contributed by atoms with E-state index in [1.165, 1.54) is 49.7 Å². The number of rotatable bonds is 4. The molecule has 1 aromatic carbocycles. The summed E-state index contributed by atoms with van der Waals surface area (Å²) >= 11 is 0. The molecule has 226 valence electrons. The van der Waals surface area contributed by atoms with Crippen molar-refractivity contribution in [2.24, 2.45) is 61.8 Å². The van der Waals surface area contributed by atoms with Crippen molar-refractivity contribution in [2.45, 2.75) is 104 Å². The van der Waals surface area contributed by atoms with Crippen LogP contribution in [0.3, 0.4) is 0 Å². The van der Waals surface area contributed by atoms with Gasteiger partial charge in [-0.2, -0.15) is 0 Å². The van der Waals surface area contributed by atoms with Gasteiger partial charge in [-0.1, -0.05) is 65.0 Å². The Morgan fingerprint density at radius 3 is 2.22 bits per heavy atom. The van der Waals surface area contributed by atoms with E-state index in [4.69, 9.17) is 5.14 Å². The van der Waals surface area contributed by atoms with Crippen molar-refractivity contribution in [1.82, 2.24) is 0 Å². The molecule has 0 spiro atoms. The number of allylic oxidation sites excluding steroid dienone is 3. The molecule has 0 bridgehead atoms. The third kappa shape index (κ3) is 3.93. The number of hydrogen-bond acceptors (Lipinski definition) is 3. The van der Waals surface area contributed by atoms with Gasteiger partial charge in [0.15, 0.2) is 0 Å². The van der Waals surface area contributed by atoms with E-state index in [1.807, 2.05) is 12.1 Å². The molecule has 4 nitrogen and oxygen atoms in total. The van der Waals surface area contributed by atoms with Crippen molar-refractivity contribution >= 4 is 15.6 Å². The van der Waals surface area contributed by atoms with E-state index in [-0.39, 0.29) is 32.0 Å². The molecule has 0 aromatic heterocycles. The third-order valence-electron chi connectivity index (χ3n) is 14.6. The van der Waals surface area contributed by atoms with Crippen LogP contribution in [0.1, 0.15) is 105 Å². The summed E-state index contributed by atoms with van der Waals surface area (Å²) < 4.78 is 23.7. The van der Waals surface area contributed by atoms with Gasteiger partial charge >= 0.3 is 0 Å². The van der Waals surface area contributed by atoms with Gasteiger partial charge in [0.2, 0.25) is 10.0 Å². The minimum Gasteiger partial charge on any atom is -0.396 e. The highest BCUT2D eigenvalue weighted by Gasteiger charge is 2.70. The van der Waals surface area contributed by atoms with Crippen LogP contribution in [0.15, 0.2) is 47.4 Å². The molecular weight excluding hydrogens is 526 g/mol. The lowest BCUT2D eigenvalue weighted by atomic mass is 9.32. The topological polar surface area (TPSA) is 80.4 Å². The van der Waals surface area contributed by atoms with Gasteiger partial charge in [0.25, 0.3) is 0 Å². The molecule has 0 radical (unpaired) electrons. The van der Waals surface area contributed by atoms with E-state index >= 15 is 0 Å². The second-order valence-electron chi connectivity index (χ2n) is 16.3. The molecule has 5 aliphatic carbocycles. The first-order valence-corrected chi connectivity index (χ1v) is 17.7. The number of sulfonamides is 1. The molecule has 0 heterocycles. The Bertz CT molecular complexity index is 1380. The Morgan fingerprint density at radius 2 is 1.61 bits per heavy atom. The normalized spacial score (nSPS) is 45.1. The lowest BCUT2D eigenvalue weighted by molar-refractivity contribution is -0.228. The smallest absolute Gasteiger partial charge is 0.238 e. The monoisotopic (exact) mass is 579 g/mol. The quantitative estimate of drug-likeness (QED) is 0.355. The summed E-state index contributed by atoms with van der Waals surface area (Å²) in [5.74, 6) is 3.03. The van der Waals surface area contributed by atoms with Crippen LogP contribution >= 0.6 is 0 Å². The van der Waals surface area contributed by atoms with Crippen LogP contribution < -0.4 is 5.14 Å². The van der Waals surface area contributed by atoms with Crippen molar-refractivity contribution in [2.75, 3.05) is 6.61 Å². The fourth-order valence-electron chi connectivity index (χ4n) is 12.5. The predicted octanol–water partition coefficient (Wildman–Crippen LogP) is 7.98. The van der Waals surface area contributed by atoms with Crippen LogP contribution in [0.4, 0.5) is 0 Å². The van der Waals surface area contributed by atoms with Gasteiger partial charge in [-0.15, -0.1) is 0 Å². The largest absolute Gasteiger partial charge is 0.396 e. The van der Waals surface area contributed by atoms with Crippen molar-refractivity contribution in [3.63, 3.8) is 0 Å². The Balaban J connectivity index is 1.36. The van der Waals surface area contributed by atoms with Crippen LogP contribution in [0.2, 0.25) is 0 Å². The van der Waals surface area contributed by atoms with E-state index in [9.17, 15) is 13.5 Å². The Morgan fingerprint density at radius 1 is 0.927 bits per heavy atom. The van der Waals surface area contributed by atoms with E-state index in [2.05, 4.69) is 54.2 Å². The van der Waals surface area contributed by atoms with E-state index in [0.717, 1.165) is 24.8 Å². The van der Waals surface area contributed by atoms with Crippen molar-refractivity contribution in [3.05, 3.63) is 48.1 Å². The number of aliphatic hydroxyl groups excluding tert-OH is 1. The zero-order valence-corrected chi connectivity index (χ0v) is 27.1. The number of fused-ring (bicyclic) bond motifs is 7. The molecule has 3 unspecified atom stereocenters. The highest BCUT2D eigenvalue weighted by molar-refractivity contribution is 7.89. The van der Waals surface area contributed by atoms with Gasteiger partial charge in [0.1, 0.15) is 0 Å². The summed E-state index contributed by atoms with van der Waals surface area (Å²) in [5.41, 5.74) is 4.68. The average molecular weight is 580 g/mol. The Kier molecular flexibility index (Phi) is 6.71. The van der Waals surface area contributed by atoms with Gasteiger partial charge in [-0.3, -0.25) is 0 Å². The second-order valence-corrected chi connectivity index (χ2v) is 17.9. The van der Waals surface area contributed by atoms with Gasteiger partial charge < -0.3 is 5.11 Å². The van der Waals surface area contributed by atoms with E-state index in [1.54, 1.807) is 12.1 Å². The summed E-state index contributed by atoms with van der Waals surface area (Å²) in [5, 5.41) is 16.2. The molecule has 5 aliphatic rings. The third-order valence-corrected chi connectivity index (χ3v) is 15.6. The molecule has 1 aromatic rings. The molecule has 5 heteroatoms. The van der Waals surface area contributed by atoms with Gasteiger partial charge in [-0.05, 0) is 145 Å². The molecule has 9 atom stereocenters. The highest BCUT2D eigenvalue weighted by Crippen LogP contribution is 2.77. The molecule has 6 rings (SSSR count). The standard InChI is InChI=1S/C36H53NO3S/c1-23(2)26-14-19-36(22-38)21-20-34(6)28(31(26)36)12-13-30-33(5)17-15-27(24-8-10-25(11-9-24)41(37,39)40)32(3,4)29(33)16-18-35(30,34)7/h8-11,15,26,28-31,38H,1,12-14,16-22H2,2-7H3,(H2,37,39,40)/t26-,28+,29?,30?,31?,33-,34+,35+,36+/m0/s1. The number of aliphatic hydroxyl groups is 1. The maximum atomic E-state index is 11.9. The maximum absolute atomic E-state index is 11.9. The van der Waals surface area contributed by atoms with Crippen LogP contribution in [0, 0.1) is 56.7 Å². The maximum Gasteiger partial charge on any atom is 0.238 e. The SMILES string of the molecule is C=C(C)[C@@H]1CC[C@]2(CO)CC[C@]3(C)[C@H](CCC4[C@@]5(C)CC=C(c6ccc(S(N)(=O)=O)cc6)C(C)(C)C5CC[C@]43C)C12. The number of benzene rings is 1. The average Bonchev–Trinajstić information content (AvgIpc) is 3.29. The zero-order chi connectivity index (χ0) is 29.8. The summed E-state index contributed by atoms with van der Waals surface area (Å²) in [6, 6.07) is 7.22. The number of hydrogen-bond donors (Lipinski definition) is 2. The minimum atomic E-state index is -3.70. The first kappa shape index (κ1) is 29.6. The number of nitrogens with two attached hydrogens (primary N) is 1. The molecule has 4 saturated carbocycles. The van der Waals surface area contributed by atoms with Gasteiger partial charge in [0, 0.05) is 6.61 Å². The summed E-state index contributed by atoms with van der Waals surface area (Å²) in [6.07, 6.45) is 13.4. The first-order valence-electron chi connectivity index (χ1n) is 16.2. The van der Waals surface area contributed by atoms with Crippen LogP contribution in [0.5, 0.6) is 0 Å². The van der Waals surface area contributed by atoms with Crippen LogP contribution in [-0.4, -0.2) is 20.1 Å². The number of primary sulfonamides is 1. The van der Waals surface area contributed by atoms with Crippen molar-refractivity contribution in [1.29, 1.82) is 0 Å². The van der Waals surface area contributed by atoms with Crippen LogP contribution in [-0.2, 0) is 10.0 Å². The summed E-state index contributed by atoms with van der Waals surface area (Å²) in [7, 11) is -3.70. The Labute approximate surface area is 249 Å². The van der Waals surface area contributed by atoms with E-state index in [0.29, 0.717) is 36.2 Å². The lowest BCUT2D eigenvalue weighted by Gasteiger charge is -2.72. The second kappa shape index (κ2) is 9.29.